The van der Waals surface area contributed by atoms with Crippen LogP contribution in [0.2, 0.25) is 0 Å². The molecule has 0 radical (unpaired) electrons. The number of carbonyl (C=O) groups excluding carboxylic acids is 1. The van der Waals surface area contributed by atoms with Gasteiger partial charge in [0.25, 0.3) is 0 Å². The molecule has 2 N–H and O–H groups in total. The third-order valence-electron chi connectivity index (χ3n) is 3.15. The van der Waals surface area contributed by atoms with E-state index in [0.717, 1.165) is 0 Å². The first-order chi connectivity index (χ1) is 10.5. The highest BCUT2D eigenvalue weighted by atomic mass is 32.2. The van der Waals surface area contributed by atoms with Crippen LogP contribution in [-0.2, 0) is 0 Å². The van der Waals surface area contributed by atoms with Crippen molar-refractivity contribution < 1.29 is 4.79 Å². The van der Waals surface area contributed by atoms with Crippen molar-refractivity contribution >= 4 is 23.4 Å². The lowest BCUT2D eigenvalue weighted by Crippen LogP contribution is -2.04. The molecular formula is C16H16N4OS. The molecule has 5 nitrogen and oxygen atoms in total. The molecule has 0 aliphatic rings. The second-order valence-corrected chi connectivity index (χ2v) is 5.99. The standard InChI is InChI=1S/C16H16N4OS/c1-10(2)11-3-5-12(6-4-11)14(21)9-22-16-19-8-13(7-17)15(18)20-16/h3-6,8,10H,9H2,1-2H3,(H2,18,19,20). The first-order valence-electron chi connectivity index (χ1n) is 6.80. The van der Waals surface area contributed by atoms with Crippen molar-refractivity contribution in [2.75, 3.05) is 11.5 Å². The zero-order valence-electron chi connectivity index (χ0n) is 12.4. The van der Waals surface area contributed by atoms with Crippen LogP contribution in [0, 0.1) is 11.3 Å². The van der Waals surface area contributed by atoms with Gasteiger partial charge < -0.3 is 5.73 Å². The molecule has 1 aromatic heterocycles. The number of nitrogen functional groups attached to an aromatic ring is 1. The first kappa shape index (κ1) is 16.0. The van der Waals surface area contributed by atoms with Crippen LogP contribution in [0.1, 0.15) is 41.3 Å². The molecular weight excluding hydrogens is 296 g/mol. The van der Waals surface area contributed by atoms with Gasteiger partial charge in [-0.2, -0.15) is 5.26 Å². The van der Waals surface area contributed by atoms with Gasteiger partial charge in [-0.3, -0.25) is 4.79 Å². The Kier molecular flexibility index (Phi) is 5.12. The largest absolute Gasteiger partial charge is 0.382 e. The normalized spacial score (nSPS) is 10.5. The van der Waals surface area contributed by atoms with Crippen molar-refractivity contribution in [3.63, 3.8) is 0 Å². The van der Waals surface area contributed by atoms with Crippen LogP contribution in [0.4, 0.5) is 5.82 Å². The SMILES string of the molecule is CC(C)c1ccc(C(=O)CSc2ncc(C#N)c(N)n2)cc1. The van der Waals surface area contributed by atoms with Gasteiger partial charge in [0.15, 0.2) is 10.9 Å². The van der Waals surface area contributed by atoms with Crippen molar-refractivity contribution in [2.24, 2.45) is 0 Å². The van der Waals surface area contributed by atoms with Gasteiger partial charge in [0.2, 0.25) is 0 Å². The van der Waals surface area contributed by atoms with Crippen molar-refractivity contribution in [2.45, 2.75) is 24.9 Å². The summed E-state index contributed by atoms with van der Waals surface area (Å²) in [7, 11) is 0. The molecule has 112 valence electrons. The molecule has 0 amide bonds. The molecule has 0 saturated heterocycles. The molecule has 0 spiro atoms. The summed E-state index contributed by atoms with van der Waals surface area (Å²) in [6.45, 7) is 4.22. The monoisotopic (exact) mass is 312 g/mol. The van der Waals surface area contributed by atoms with Gasteiger partial charge in [0.05, 0.1) is 11.9 Å². The van der Waals surface area contributed by atoms with Gasteiger partial charge in [-0.05, 0) is 11.5 Å². The molecule has 0 atom stereocenters. The van der Waals surface area contributed by atoms with E-state index in [1.807, 2.05) is 30.3 Å². The van der Waals surface area contributed by atoms with Crippen molar-refractivity contribution in [1.82, 2.24) is 9.97 Å². The van der Waals surface area contributed by atoms with E-state index in [1.54, 1.807) is 0 Å². The van der Waals surface area contributed by atoms with E-state index in [4.69, 9.17) is 11.0 Å². The summed E-state index contributed by atoms with van der Waals surface area (Å²) in [6, 6.07) is 9.52. The maximum atomic E-state index is 12.1. The highest BCUT2D eigenvalue weighted by molar-refractivity contribution is 7.99. The maximum absolute atomic E-state index is 12.1. The molecule has 0 fully saturated rings. The fraction of sp³-hybridized carbons (Fsp3) is 0.250. The van der Waals surface area contributed by atoms with Crippen LogP contribution < -0.4 is 5.73 Å². The Balaban J connectivity index is 2.00. The van der Waals surface area contributed by atoms with Crippen LogP contribution in [0.3, 0.4) is 0 Å². The number of Topliss-reactive ketones (excluding diaryl/α,β-unsaturated/α-hetero) is 1. The van der Waals surface area contributed by atoms with Gasteiger partial charge in [0, 0.05) is 5.56 Å². The van der Waals surface area contributed by atoms with E-state index in [2.05, 4.69) is 23.8 Å². The molecule has 0 aliphatic carbocycles. The molecule has 1 heterocycles. The van der Waals surface area contributed by atoms with Gasteiger partial charge in [0.1, 0.15) is 17.5 Å². The van der Waals surface area contributed by atoms with Crippen LogP contribution in [0.25, 0.3) is 0 Å². The Morgan fingerprint density at radius 2 is 2.05 bits per heavy atom. The summed E-state index contributed by atoms with van der Waals surface area (Å²) in [5, 5.41) is 9.16. The predicted octanol–water partition coefficient (Wildman–Crippen LogP) is 3.03. The fourth-order valence-electron chi connectivity index (χ4n) is 1.80. The smallest absolute Gasteiger partial charge is 0.189 e. The molecule has 2 aromatic rings. The molecule has 0 unspecified atom stereocenters. The van der Waals surface area contributed by atoms with Crippen LogP contribution in [0.15, 0.2) is 35.6 Å². The molecule has 6 heteroatoms. The molecule has 2 rings (SSSR count). The topological polar surface area (TPSA) is 92.7 Å². The Bertz CT molecular complexity index is 720. The van der Waals surface area contributed by atoms with Crippen LogP contribution >= 0.6 is 11.8 Å². The average Bonchev–Trinajstić information content (AvgIpc) is 2.52. The van der Waals surface area contributed by atoms with E-state index in [9.17, 15) is 4.79 Å². The Morgan fingerprint density at radius 1 is 1.36 bits per heavy atom. The van der Waals surface area contributed by atoms with E-state index < -0.39 is 0 Å². The second-order valence-electron chi connectivity index (χ2n) is 5.05. The molecule has 1 aromatic carbocycles. The van der Waals surface area contributed by atoms with Crippen molar-refractivity contribution in [3.05, 3.63) is 47.2 Å². The summed E-state index contributed by atoms with van der Waals surface area (Å²) < 4.78 is 0. The number of hydrogen-bond acceptors (Lipinski definition) is 6. The minimum atomic E-state index is 0.00633. The molecule has 0 aliphatic heterocycles. The van der Waals surface area contributed by atoms with Crippen LogP contribution in [0.5, 0.6) is 0 Å². The highest BCUT2D eigenvalue weighted by Gasteiger charge is 2.10. The number of nitrogens with zero attached hydrogens (tertiary/aromatic N) is 3. The fourth-order valence-corrected chi connectivity index (χ4v) is 2.52. The lowest BCUT2D eigenvalue weighted by Gasteiger charge is -2.06. The zero-order valence-corrected chi connectivity index (χ0v) is 13.2. The Hall–Kier alpha value is -2.39. The van der Waals surface area contributed by atoms with E-state index in [-0.39, 0.29) is 22.9 Å². The number of nitriles is 1. The van der Waals surface area contributed by atoms with Crippen molar-refractivity contribution in [3.8, 4) is 6.07 Å². The summed E-state index contributed by atoms with van der Waals surface area (Å²) in [5.41, 5.74) is 7.73. The third-order valence-corrected chi connectivity index (χ3v) is 4.01. The number of aromatic nitrogens is 2. The van der Waals surface area contributed by atoms with E-state index in [0.29, 0.717) is 16.6 Å². The van der Waals surface area contributed by atoms with Gasteiger partial charge >= 0.3 is 0 Å². The second kappa shape index (κ2) is 7.05. The number of nitrogens with two attached hydrogens (primary N) is 1. The van der Waals surface area contributed by atoms with E-state index in [1.165, 1.54) is 23.5 Å². The summed E-state index contributed by atoms with van der Waals surface area (Å²) in [5.74, 6) is 0.806. The van der Waals surface area contributed by atoms with E-state index >= 15 is 0 Å². The number of ketones is 1. The number of thioether (sulfide) groups is 1. The minimum absolute atomic E-state index is 0.00633. The summed E-state index contributed by atoms with van der Waals surface area (Å²) >= 11 is 1.21. The zero-order chi connectivity index (χ0) is 16.1. The minimum Gasteiger partial charge on any atom is -0.382 e. The third kappa shape index (κ3) is 3.83. The number of hydrogen-bond donors (Lipinski definition) is 1. The summed E-state index contributed by atoms with van der Waals surface area (Å²) in [6.07, 6.45) is 1.37. The number of anilines is 1. The average molecular weight is 312 g/mol. The summed E-state index contributed by atoms with van der Waals surface area (Å²) in [4.78, 5) is 20.2. The Morgan fingerprint density at radius 3 is 2.59 bits per heavy atom. The predicted molar refractivity (Wildman–Crippen MR) is 86.7 cm³/mol. The Labute approximate surface area is 133 Å². The lowest BCUT2D eigenvalue weighted by atomic mass is 10.0. The van der Waals surface area contributed by atoms with Gasteiger partial charge in [-0.1, -0.05) is 49.9 Å². The maximum Gasteiger partial charge on any atom is 0.189 e. The number of rotatable bonds is 5. The quantitative estimate of drug-likeness (QED) is 0.518. The molecule has 0 bridgehead atoms. The van der Waals surface area contributed by atoms with Crippen LogP contribution in [-0.4, -0.2) is 21.5 Å². The molecule has 22 heavy (non-hydrogen) atoms. The first-order valence-corrected chi connectivity index (χ1v) is 7.78. The number of carbonyl (C=O) groups is 1. The number of benzene rings is 1. The van der Waals surface area contributed by atoms with Gasteiger partial charge in [-0.15, -0.1) is 0 Å². The highest BCUT2D eigenvalue weighted by Crippen LogP contribution is 2.19. The molecule has 0 saturated carbocycles. The lowest BCUT2D eigenvalue weighted by molar-refractivity contribution is 0.102. The van der Waals surface area contributed by atoms with Crippen molar-refractivity contribution in [1.29, 1.82) is 5.26 Å². The van der Waals surface area contributed by atoms with Gasteiger partial charge in [-0.25, -0.2) is 9.97 Å².